The molecule has 0 aromatic heterocycles. The van der Waals surface area contributed by atoms with Crippen LogP contribution in [0.15, 0.2) is 24.3 Å². The first-order valence-electron chi connectivity index (χ1n) is 4.43. The van der Waals surface area contributed by atoms with E-state index in [1.165, 1.54) is 11.1 Å². The lowest BCUT2D eigenvalue weighted by atomic mass is 9.95. The molecule has 0 saturated heterocycles. The summed E-state index contributed by atoms with van der Waals surface area (Å²) in [6.45, 7) is 3.64. The number of thiol groups is 1. The number of benzene rings is 1. The zero-order valence-electron chi connectivity index (χ0n) is 8.12. The molecule has 0 amide bonds. The molecule has 0 aliphatic heterocycles. The Labute approximate surface area is 85.2 Å². The summed E-state index contributed by atoms with van der Waals surface area (Å²) in [6, 6.07) is 8.09. The van der Waals surface area contributed by atoms with Crippen molar-refractivity contribution in [1.82, 2.24) is 0 Å². The molecule has 13 heavy (non-hydrogen) atoms. The molecule has 0 unspecified atom stereocenters. The van der Waals surface area contributed by atoms with E-state index in [2.05, 4.69) is 12.6 Å². The van der Waals surface area contributed by atoms with E-state index >= 15 is 0 Å². The van der Waals surface area contributed by atoms with Gasteiger partial charge >= 0.3 is 0 Å². The van der Waals surface area contributed by atoms with E-state index in [4.69, 9.17) is 0 Å². The summed E-state index contributed by atoms with van der Waals surface area (Å²) in [5, 5.41) is 9.67. The third-order valence-corrected chi connectivity index (χ3v) is 2.25. The maximum absolute atomic E-state index is 9.67. The van der Waals surface area contributed by atoms with Crippen LogP contribution in [-0.2, 0) is 12.2 Å². The summed E-state index contributed by atoms with van der Waals surface area (Å²) < 4.78 is 0. The van der Waals surface area contributed by atoms with Gasteiger partial charge in [0, 0.05) is 12.2 Å². The standard InChI is InChI=1S/C11H16OS/c1-11(2,12)7-9-5-3-4-6-10(9)8-13/h3-6,12-13H,7-8H2,1-2H3. The van der Waals surface area contributed by atoms with Crippen molar-refractivity contribution in [3.05, 3.63) is 35.4 Å². The predicted octanol–water partition coefficient (Wildman–Crippen LogP) is 2.43. The van der Waals surface area contributed by atoms with Gasteiger partial charge in [0.05, 0.1) is 5.60 Å². The van der Waals surface area contributed by atoms with Crippen LogP contribution in [0.5, 0.6) is 0 Å². The molecule has 1 N–H and O–H groups in total. The molecule has 0 aliphatic carbocycles. The highest BCUT2D eigenvalue weighted by atomic mass is 32.1. The topological polar surface area (TPSA) is 20.2 Å². The summed E-state index contributed by atoms with van der Waals surface area (Å²) in [6.07, 6.45) is 0.684. The van der Waals surface area contributed by atoms with Gasteiger partial charge in [-0.15, -0.1) is 0 Å². The maximum atomic E-state index is 9.67. The quantitative estimate of drug-likeness (QED) is 0.711. The SMILES string of the molecule is CC(C)(O)Cc1ccccc1CS. The maximum Gasteiger partial charge on any atom is 0.0632 e. The van der Waals surface area contributed by atoms with Gasteiger partial charge in [-0.25, -0.2) is 0 Å². The lowest BCUT2D eigenvalue weighted by molar-refractivity contribution is 0.0808. The van der Waals surface area contributed by atoms with E-state index in [-0.39, 0.29) is 0 Å². The Balaban J connectivity index is 2.87. The van der Waals surface area contributed by atoms with Gasteiger partial charge in [-0.05, 0) is 25.0 Å². The van der Waals surface area contributed by atoms with Crippen molar-refractivity contribution >= 4 is 12.6 Å². The molecule has 0 fully saturated rings. The zero-order chi connectivity index (χ0) is 9.90. The molecule has 0 bridgehead atoms. The lowest BCUT2D eigenvalue weighted by Gasteiger charge is -2.18. The molecule has 0 heterocycles. The fraction of sp³-hybridized carbons (Fsp3) is 0.455. The van der Waals surface area contributed by atoms with Gasteiger partial charge in [0.1, 0.15) is 0 Å². The van der Waals surface area contributed by atoms with E-state index in [0.29, 0.717) is 6.42 Å². The Morgan fingerprint density at radius 3 is 2.23 bits per heavy atom. The highest BCUT2D eigenvalue weighted by Gasteiger charge is 2.14. The Kier molecular flexibility index (Phi) is 3.40. The van der Waals surface area contributed by atoms with Gasteiger partial charge in [-0.3, -0.25) is 0 Å². The van der Waals surface area contributed by atoms with Crippen LogP contribution in [0.2, 0.25) is 0 Å². The van der Waals surface area contributed by atoms with Gasteiger partial charge in [-0.1, -0.05) is 24.3 Å². The van der Waals surface area contributed by atoms with Crippen molar-refractivity contribution in [3.63, 3.8) is 0 Å². The molecule has 1 nitrogen and oxygen atoms in total. The van der Waals surface area contributed by atoms with Crippen LogP contribution in [-0.4, -0.2) is 10.7 Å². The third-order valence-electron chi connectivity index (χ3n) is 1.91. The van der Waals surface area contributed by atoms with Crippen LogP contribution >= 0.6 is 12.6 Å². The van der Waals surface area contributed by atoms with Crippen molar-refractivity contribution in [1.29, 1.82) is 0 Å². The fourth-order valence-corrected chi connectivity index (χ4v) is 1.66. The highest BCUT2D eigenvalue weighted by molar-refractivity contribution is 7.79. The van der Waals surface area contributed by atoms with Gasteiger partial charge in [0.25, 0.3) is 0 Å². The smallest absolute Gasteiger partial charge is 0.0632 e. The molecule has 1 aromatic carbocycles. The number of rotatable bonds is 3. The first-order chi connectivity index (χ1) is 6.03. The molecule has 72 valence electrons. The Morgan fingerprint density at radius 2 is 1.77 bits per heavy atom. The van der Waals surface area contributed by atoms with E-state index < -0.39 is 5.60 Å². The fourth-order valence-electron chi connectivity index (χ4n) is 1.35. The van der Waals surface area contributed by atoms with Crippen LogP contribution in [0.1, 0.15) is 25.0 Å². The van der Waals surface area contributed by atoms with Crippen molar-refractivity contribution in [2.75, 3.05) is 0 Å². The first kappa shape index (κ1) is 10.6. The number of hydrogen-bond acceptors (Lipinski definition) is 2. The summed E-state index contributed by atoms with van der Waals surface area (Å²) in [5.74, 6) is 0.728. The van der Waals surface area contributed by atoms with Gasteiger partial charge in [0.15, 0.2) is 0 Å². The van der Waals surface area contributed by atoms with Crippen LogP contribution in [0.3, 0.4) is 0 Å². The van der Waals surface area contributed by atoms with E-state index in [0.717, 1.165) is 5.75 Å². The van der Waals surface area contributed by atoms with Crippen molar-refractivity contribution in [2.24, 2.45) is 0 Å². The van der Waals surface area contributed by atoms with Gasteiger partial charge < -0.3 is 5.11 Å². The Morgan fingerprint density at radius 1 is 1.23 bits per heavy atom. The minimum Gasteiger partial charge on any atom is -0.390 e. The van der Waals surface area contributed by atoms with Crippen molar-refractivity contribution in [2.45, 2.75) is 31.6 Å². The van der Waals surface area contributed by atoms with Crippen LogP contribution in [0.4, 0.5) is 0 Å². The predicted molar refractivity (Wildman–Crippen MR) is 59.1 cm³/mol. The molecule has 0 radical (unpaired) electrons. The van der Waals surface area contributed by atoms with Crippen LogP contribution < -0.4 is 0 Å². The number of hydrogen-bond donors (Lipinski definition) is 2. The summed E-state index contributed by atoms with van der Waals surface area (Å²) in [4.78, 5) is 0. The molecular formula is C11H16OS. The highest BCUT2D eigenvalue weighted by Crippen LogP contribution is 2.17. The second kappa shape index (κ2) is 4.16. The van der Waals surface area contributed by atoms with Crippen LogP contribution in [0.25, 0.3) is 0 Å². The first-order valence-corrected chi connectivity index (χ1v) is 5.06. The second-order valence-corrected chi connectivity index (χ2v) is 4.23. The Hall–Kier alpha value is -0.470. The third kappa shape index (κ3) is 3.41. The van der Waals surface area contributed by atoms with E-state index in [1.807, 2.05) is 38.1 Å². The van der Waals surface area contributed by atoms with Crippen molar-refractivity contribution in [3.8, 4) is 0 Å². The minimum atomic E-state index is -0.640. The normalized spacial score (nSPS) is 11.7. The molecule has 0 spiro atoms. The molecule has 0 aliphatic rings. The van der Waals surface area contributed by atoms with Crippen LogP contribution in [0, 0.1) is 0 Å². The molecule has 1 rings (SSSR count). The molecule has 2 heteroatoms. The number of aliphatic hydroxyl groups is 1. The summed E-state index contributed by atoms with van der Waals surface area (Å²) >= 11 is 4.25. The van der Waals surface area contributed by atoms with E-state index in [9.17, 15) is 5.11 Å². The second-order valence-electron chi connectivity index (χ2n) is 3.92. The molecule has 0 saturated carbocycles. The zero-order valence-corrected chi connectivity index (χ0v) is 9.01. The average Bonchev–Trinajstić information content (AvgIpc) is 2.02. The Bertz CT molecular complexity index is 276. The molecular weight excluding hydrogens is 180 g/mol. The molecule has 1 aromatic rings. The molecule has 0 atom stereocenters. The van der Waals surface area contributed by atoms with E-state index in [1.54, 1.807) is 0 Å². The lowest BCUT2D eigenvalue weighted by Crippen LogP contribution is -2.22. The minimum absolute atomic E-state index is 0.640. The van der Waals surface area contributed by atoms with Crippen molar-refractivity contribution < 1.29 is 5.11 Å². The summed E-state index contributed by atoms with van der Waals surface area (Å²) in [7, 11) is 0. The average molecular weight is 196 g/mol. The summed E-state index contributed by atoms with van der Waals surface area (Å²) in [5.41, 5.74) is 1.75. The monoisotopic (exact) mass is 196 g/mol. The largest absolute Gasteiger partial charge is 0.390 e. The van der Waals surface area contributed by atoms with Gasteiger partial charge in [0.2, 0.25) is 0 Å². The van der Waals surface area contributed by atoms with Gasteiger partial charge in [-0.2, -0.15) is 12.6 Å².